The SMILES string of the molecule is CCN(C(=O)C(C)(C)NC)c1cc(O)ccc1C. The lowest BCUT2D eigenvalue weighted by Crippen LogP contribution is -2.53. The van der Waals surface area contributed by atoms with Crippen LogP contribution in [0, 0.1) is 6.92 Å². The van der Waals surface area contributed by atoms with Crippen molar-refractivity contribution in [1.82, 2.24) is 5.32 Å². The van der Waals surface area contributed by atoms with E-state index in [1.165, 1.54) is 0 Å². The van der Waals surface area contributed by atoms with Crippen LogP contribution in [0.25, 0.3) is 0 Å². The topological polar surface area (TPSA) is 52.6 Å². The van der Waals surface area contributed by atoms with Crippen LogP contribution >= 0.6 is 0 Å². The lowest BCUT2D eigenvalue weighted by atomic mass is 10.0. The van der Waals surface area contributed by atoms with Crippen molar-refractivity contribution < 1.29 is 9.90 Å². The van der Waals surface area contributed by atoms with Gasteiger partial charge in [-0.2, -0.15) is 0 Å². The summed E-state index contributed by atoms with van der Waals surface area (Å²) in [5.41, 5.74) is 1.09. The van der Waals surface area contributed by atoms with Crippen LogP contribution in [0.5, 0.6) is 5.75 Å². The first kappa shape index (κ1) is 14.5. The van der Waals surface area contributed by atoms with Gasteiger partial charge < -0.3 is 15.3 Å². The van der Waals surface area contributed by atoms with E-state index in [0.29, 0.717) is 6.54 Å². The molecule has 100 valence electrons. The predicted octanol–water partition coefficient (Wildman–Crippen LogP) is 2.05. The summed E-state index contributed by atoms with van der Waals surface area (Å²) in [7, 11) is 1.76. The Balaban J connectivity index is 3.18. The summed E-state index contributed by atoms with van der Waals surface area (Å²) in [4.78, 5) is 14.2. The monoisotopic (exact) mass is 250 g/mol. The van der Waals surface area contributed by atoms with Crippen molar-refractivity contribution in [1.29, 1.82) is 0 Å². The standard InChI is InChI=1S/C14H22N2O2/c1-6-16(13(18)14(3,4)15-5)12-9-11(17)8-7-10(12)2/h7-9,15,17H,6H2,1-5H3. The predicted molar refractivity (Wildman–Crippen MR) is 74.0 cm³/mol. The van der Waals surface area contributed by atoms with Crippen molar-refractivity contribution >= 4 is 11.6 Å². The third-order valence-electron chi connectivity index (χ3n) is 3.20. The Morgan fingerprint density at radius 1 is 1.44 bits per heavy atom. The van der Waals surface area contributed by atoms with Gasteiger partial charge in [0.1, 0.15) is 5.75 Å². The van der Waals surface area contributed by atoms with E-state index in [2.05, 4.69) is 5.32 Å². The zero-order valence-electron chi connectivity index (χ0n) is 11.7. The van der Waals surface area contributed by atoms with Crippen molar-refractivity contribution in [3.05, 3.63) is 23.8 Å². The van der Waals surface area contributed by atoms with Crippen LogP contribution in [0.1, 0.15) is 26.3 Å². The number of aromatic hydroxyl groups is 1. The van der Waals surface area contributed by atoms with Crippen LogP contribution in [0.2, 0.25) is 0 Å². The molecule has 0 bridgehead atoms. The van der Waals surface area contributed by atoms with Gasteiger partial charge >= 0.3 is 0 Å². The number of anilines is 1. The fourth-order valence-electron chi connectivity index (χ4n) is 1.76. The van der Waals surface area contributed by atoms with Gasteiger partial charge in [-0.25, -0.2) is 0 Å². The van der Waals surface area contributed by atoms with Gasteiger partial charge in [0.25, 0.3) is 0 Å². The maximum Gasteiger partial charge on any atom is 0.246 e. The molecule has 0 spiro atoms. The molecule has 0 aromatic heterocycles. The lowest BCUT2D eigenvalue weighted by Gasteiger charge is -2.32. The van der Waals surface area contributed by atoms with E-state index >= 15 is 0 Å². The van der Waals surface area contributed by atoms with Gasteiger partial charge in [0, 0.05) is 12.6 Å². The Bertz CT molecular complexity index is 441. The maximum absolute atomic E-state index is 12.5. The summed E-state index contributed by atoms with van der Waals surface area (Å²) in [5, 5.41) is 12.6. The van der Waals surface area contributed by atoms with Gasteiger partial charge in [-0.05, 0) is 46.4 Å². The van der Waals surface area contributed by atoms with E-state index in [9.17, 15) is 9.90 Å². The summed E-state index contributed by atoms with van der Waals surface area (Å²) >= 11 is 0. The molecule has 1 amide bonds. The van der Waals surface area contributed by atoms with E-state index in [-0.39, 0.29) is 11.7 Å². The molecule has 0 atom stereocenters. The molecule has 1 rings (SSSR count). The van der Waals surface area contributed by atoms with E-state index in [1.807, 2.05) is 33.8 Å². The second kappa shape index (κ2) is 5.40. The minimum atomic E-state index is -0.631. The Morgan fingerprint density at radius 2 is 2.06 bits per heavy atom. The molecule has 0 saturated carbocycles. The van der Waals surface area contributed by atoms with Crippen LogP contribution in [-0.4, -0.2) is 30.1 Å². The number of carbonyl (C=O) groups excluding carboxylic acids is 1. The zero-order valence-corrected chi connectivity index (χ0v) is 11.7. The average molecular weight is 250 g/mol. The summed E-state index contributed by atoms with van der Waals surface area (Å²) in [6.45, 7) is 8.10. The van der Waals surface area contributed by atoms with E-state index in [0.717, 1.165) is 11.3 Å². The molecule has 0 aliphatic heterocycles. The first-order valence-electron chi connectivity index (χ1n) is 6.14. The molecule has 0 heterocycles. The number of aryl methyl sites for hydroxylation is 1. The number of rotatable bonds is 4. The van der Waals surface area contributed by atoms with Gasteiger partial charge in [-0.15, -0.1) is 0 Å². The molecule has 1 aromatic carbocycles. The maximum atomic E-state index is 12.5. The molecule has 4 nitrogen and oxygen atoms in total. The van der Waals surface area contributed by atoms with Crippen LogP contribution < -0.4 is 10.2 Å². The minimum absolute atomic E-state index is 0.0128. The number of amides is 1. The molecule has 0 unspecified atom stereocenters. The van der Waals surface area contributed by atoms with E-state index < -0.39 is 5.54 Å². The third kappa shape index (κ3) is 2.82. The number of nitrogens with one attached hydrogen (secondary N) is 1. The van der Waals surface area contributed by atoms with Crippen molar-refractivity contribution in [2.75, 3.05) is 18.5 Å². The first-order valence-corrected chi connectivity index (χ1v) is 6.14. The van der Waals surface area contributed by atoms with Crippen LogP contribution in [-0.2, 0) is 4.79 Å². The highest BCUT2D eigenvalue weighted by Crippen LogP contribution is 2.26. The molecule has 0 fully saturated rings. The van der Waals surface area contributed by atoms with Crippen molar-refractivity contribution in [2.45, 2.75) is 33.2 Å². The van der Waals surface area contributed by atoms with Gasteiger partial charge in [0.2, 0.25) is 5.91 Å². The summed E-state index contributed by atoms with van der Waals surface area (Å²) < 4.78 is 0. The largest absolute Gasteiger partial charge is 0.508 e. The van der Waals surface area contributed by atoms with Gasteiger partial charge in [0.05, 0.1) is 11.2 Å². The Morgan fingerprint density at radius 3 is 2.56 bits per heavy atom. The number of nitrogens with zero attached hydrogens (tertiary/aromatic N) is 1. The van der Waals surface area contributed by atoms with Crippen LogP contribution in [0.15, 0.2) is 18.2 Å². The fraction of sp³-hybridized carbons (Fsp3) is 0.500. The summed E-state index contributed by atoms with van der Waals surface area (Å²) in [6.07, 6.45) is 0. The minimum Gasteiger partial charge on any atom is -0.508 e. The lowest BCUT2D eigenvalue weighted by molar-refractivity contribution is -0.123. The van der Waals surface area contributed by atoms with E-state index in [1.54, 1.807) is 24.1 Å². The Hall–Kier alpha value is -1.55. The van der Waals surface area contributed by atoms with E-state index in [4.69, 9.17) is 0 Å². The van der Waals surface area contributed by atoms with Crippen molar-refractivity contribution in [3.8, 4) is 5.75 Å². The summed E-state index contributed by atoms with van der Waals surface area (Å²) in [6, 6.07) is 5.07. The second-order valence-corrected chi connectivity index (χ2v) is 4.90. The number of hydrogen-bond acceptors (Lipinski definition) is 3. The molecule has 0 aliphatic carbocycles. The van der Waals surface area contributed by atoms with Crippen molar-refractivity contribution in [2.24, 2.45) is 0 Å². The highest BCUT2D eigenvalue weighted by molar-refractivity contribution is 6.00. The number of phenols is 1. The Labute approximate surface area is 109 Å². The molecule has 18 heavy (non-hydrogen) atoms. The molecule has 4 heteroatoms. The smallest absolute Gasteiger partial charge is 0.246 e. The molecule has 2 N–H and O–H groups in total. The van der Waals surface area contributed by atoms with Gasteiger partial charge in [-0.1, -0.05) is 6.07 Å². The van der Waals surface area contributed by atoms with Gasteiger partial charge in [-0.3, -0.25) is 4.79 Å². The third-order valence-corrected chi connectivity index (χ3v) is 3.20. The number of hydrogen-bond donors (Lipinski definition) is 2. The molecule has 1 aromatic rings. The fourth-order valence-corrected chi connectivity index (χ4v) is 1.76. The second-order valence-electron chi connectivity index (χ2n) is 4.90. The molecular formula is C14H22N2O2. The summed E-state index contributed by atoms with van der Waals surface area (Å²) in [5.74, 6) is 0.158. The molecule has 0 radical (unpaired) electrons. The van der Waals surface area contributed by atoms with Crippen LogP contribution in [0.3, 0.4) is 0 Å². The molecule has 0 aliphatic rings. The molecular weight excluding hydrogens is 228 g/mol. The first-order chi connectivity index (χ1) is 8.33. The number of likely N-dealkylation sites (N-methyl/N-ethyl adjacent to an activating group) is 2. The highest BCUT2D eigenvalue weighted by atomic mass is 16.3. The molecule has 0 saturated heterocycles. The van der Waals surface area contributed by atoms with Gasteiger partial charge in [0.15, 0.2) is 0 Å². The number of phenolic OH excluding ortho intramolecular Hbond substituents is 1. The Kier molecular flexibility index (Phi) is 4.35. The van der Waals surface area contributed by atoms with Crippen LogP contribution in [0.4, 0.5) is 5.69 Å². The normalized spacial score (nSPS) is 11.4. The highest BCUT2D eigenvalue weighted by Gasteiger charge is 2.31. The zero-order chi connectivity index (χ0) is 13.9. The van der Waals surface area contributed by atoms with Crippen molar-refractivity contribution in [3.63, 3.8) is 0 Å². The number of carbonyl (C=O) groups is 1. The number of benzene rings is 1. The average Bonchev–Trinajstić information content (AvgIpc) is 2.34. The quantitative estimate of drug-likeness (QED) is 0.860.